The standard InChI is InChI=1S/C20H24N2O2/c1-15-5-3-4-6-19(15)20(23)21-18-9-7-17(8-10-18)16(2)22-11-13-24-14-12-22/h3-10,16H,11-14H2,1-2H3,(H,21,23)/t16-/m0/s1. The molecule has 1 amide bonds. The van der Waals surface area contributed by atoms with E-state index in [9.17, 15) is 4.79 Å². The number of hydrogen-bond donors (Lipinski definition) is 1. The van der Waals surface area contributed by atoms with Gasteiger partial charge in [0.1, 0.15) is 0 Å². The highest BCUT2D eigenvalue weighted by atomic mass is 16.5. The first-order valence-corrected chi connectivity index (χ1v) is 8.44. The summed E-state index contributed by atoms with van der Waals surface area (Å²) in [6.07, 6.45) is 0. The third kappa shape index (κ3) is 3.83. The van der Waals surface area contributed by atoms with Crippen LogP contribution >= 0.6 is 0 Å². The molecule has 1 aliphatic rings. The molecule has 3 rings (SSSR count). The number of aryl methyl sites for hydroxylation is 1. The molecular formula is C20H24N2O2. The summed E-state index contributed by atoms with van der Waals surface area (Å²) in [5.74, 6) is -0.0675. The zero-order chi connectivity index (χ0) is 16.9. The van der Waals surface area contributed by atoms with Crippen LogP contribution in [0.1, 0.15) is 34.5 Å². The van der Waals surface area contributed by atoms with Crippen molar-refractivity contribution in [3.8, 4) is 0 Å². The molecule has 0 radical (unpaired) electrons. The van der Waals surface area contributed by atoms with Crippen molar-refractivity contribution in [3.63, 3.8) is 0 Å². The first-order valence-electron chi connectivity index (χ1n) is 8.44. The molecule has 126 valence electrons. The van der Waals surface area contributed by atoms with E-state index >= 15 is 0 Å². The Balaban J connectivity index is 1.66. The monoisotopic (exact) mass is 324 g/mol. The Morgan fingerprint density at radius 3 is 2.42 bits per heavy atom. The second-order valence-corrected chi connectivity index (χ2v) is 6.22. The fourth-order valence-electron chi connectivity index (χ4n) is 3.05. The Morgan fingerprint density at radius 2 is 1.75 bits per heavy atom. The minimum absolute atomic E-state index is 0.0675. The largest absolute Gasteiger partial charge is 0.379 e. The van der Waals surface area contributed by atoms with Gasteiger partial charge in [0.25, 0.3) is 5.91 Å². The Kier molecular flexibility index (Phi) is 5.28. The number of anilines is 1. The summed E-state index contributed by atoms with van der Waals surface area (Å²) in [7, 11) is 0. The molecule has 24 heavy (non-hydrogen) atoms. The van der Waals surface area contributed by atoms with Crippen LogP contribution in [0.4, 0.5) is 5.69 Å². The Hall–Kier alpha value is -2.17. The van der Waals surface area contributed by atoms with Crippen LogP contribution in [0, 0.1) is 6.92 Å². The van der Waals surface area contributed by atoms with Crippen molar-refractivity contribution < 1.29 is 9.53 Å². The number of carbonyl (C=O) groups excluding carboxylic acids is 1. The summed E-state index contributed by atoms with van der Waals surface area (Å²) in [5.41, 5.74) is 3.77. The lowest BCUT2D eigenvalue weighted by molar-refractivity contribution is 0.0198. The average molecular weight is 324 g/mol. The van der Waals surface area contributed by atoms with E-state index in [-0.39, 0.29) is 5.91 Å². The van der Waals surface area contributed by atoms with E-state index in [1.165, 1.54) is 5.56 Å². The minimum Gasteiger partial charge on any atom is -0.379 e. The Labute approximate surface area is 143 Å². The van der Waals surface area contributed by atoms with E-state index in [1.807, 2.05) is 43.3 Å². The smallest absolute Gasteiger partial charge is 0.255 e. The molecule has 0 aromatic heterocycles. The number of amides is 1. The molecule has 1 atom stereocenters. The maximum atomic E-state index is 12.4. The highest BCUT2D eigenvalue weighted by Gasteiger charge is 2.18. The number of hydrogen-bond acceptors (Lipinski definition) is 3. The molecule has 2 aromatic carbocycles. The highest BCUT2D eigenvalue weighted by molar-refractivity contribution is 6.05. The molecule has 4 heteroatoms. The topological polar surface area (TPSA) is 41.6 Å². The quantitative estimate of drug-likeness (QED) is 0.933. The van der Waals surface area contributed by atoms with Crippen LogP contribution in [-0.4, -0.2) is 37.1 Å². The summed E-state index contributed by atoms with van der Waals surface area (Å²) in [4.78, 5) is 14.8. The summed E-state index contributed by atoms with van der Waals surface area (Å²) in [5, 5.41) is 2.97. The van der Waals surface area contributed by atoms with Crippen molar-refractivity contribution in [3.05, 3.63) is 65.2 Å². The van der Waals surface area contributed by atoms with E-state index in [0.717, 1.165) is 37.6 Å². The maximum Gasteiger partial charge on any atom is 0.255 e. The minimum atomic E-state index is -0.0675. The summed E-state index contributed by atoms with van der Waals surface area (Å²) in [6.45, 7) is 7.69. The van der Waals surface area contributed by atoms with E-state index in [0.29, 0.717) is 11.6 Å². The first-order chi connectivity index (χ1) is 11.6. The Morgan fingerprint density at radius 1 is 1.08 bits per heavy atom. The van der Waals surface area contributed by atoms with Crippen LogP contribution < -0.4 is 5.32 Å². The van der Waals surface area contributed by atoms with Gasteiger partial charge in [0, 0.05) is 30.4 Å². The van der Waals surface area contributed by atoms with Gasteiger partial charge in [0.2, 0.25) is 0 Å². The third-order valence-corrected chi connectivity index (χ3v) is 4.63. The molecule has 1 aliphatic heterocycles. The molecule has 1 fully saturated rings. The van der Waals surface area contributed by atoms with Crippen molar-refractivity contribution in [2.45, 2.75) is 19.9 Å². The number of ether oxygens (including phenoxy) is 1. The lowest BCUT2D eigenvalue weighted by Gasteiger charge is -2.32. The van der Waals surface area contributed by atoms with Crippen molar-refractivity contribution >= 4 is 11.6 Å². The fourth-order valence-corrected chi connectivity index (χ4v) is 3.05. The summed E-state index contributed by atoms with van der Waals surface area (Å²) < 4.78 is 5.41. The first kappa shape index (κ1) is 16.7. The van der Waals surface area contributed by atoms with Crippen molar-refractivity contribution in [2.75, 3.05) is 31.6 Å². The van der Waals surface area contributed by atoms with Crippen LogP contribution in [0.15, 0.2) is 48.5 Å². The van der Waals surface area contributed by atoms with Crippen LogP contribution in [-0.2, 0) is 4.74 Å². The van der Waals surface area contributed by atoms with E-state index in [2.05, 4.69) is 29.3 Å². The Bertz CT molecular complexity index is 691. The second kappa shape index (κ2) is 7.60. The predicted molar refractivity (Wildman–Crippen MR) is 96.4 cm³/mol. The van der Waals surface area contributed by atoms with Gasteiger partial charge in [-0.25, -0.2) is 0 Å². The molecule has 2 aromatic rings. The zero-order valence-corrected chi connectivity index (χ0v) is 14.3. The molecule has 0 saturated carbocycles. The van der Waals surface area contributed by atoms with Gasteiger partial charge < -0.3 is 10.1 Å². The molecule has 0 aliphatic carbocycles. The lowest BCUT2D eigenvalue weighted by Crippen LogP contribution is -2.37. The number of nitrogens with one attached hydrogen (secondary N) is 1. The number of benzene rings is 2. The van der Waals surface area contributed by atoms with Crippen molar-refractivity contribution in [1.29, 1.82) is 0 Å². The van der Waals surface area contributed by atoms with Crippen LogP contribution in [0.3, 0.4) is 0 Å². The summed E-state index contributed by atoms with van der Waals surface area (Å²) in [6, 6.07) is 16.1. The molecule has 1 saturated heterocycles. The molecule has 1 N–H and O–H groups in total. The predicted octanol–water partition coefficient (Wildman–Crippen LogP) is 3.64. The molecule has 0 spiro atoms. The van der Waals surface area contributed by atoms with Crippen LogP contribution in [0.2, 0.25) is 0 Å². The second-order valence-electron chi connectivity index (χ2n) is 6.22. The summed E-state index contributed by atoms with van der Waals surface area (Å²) >= 11 is 0. The van der Waals surface area contributed by atoms with E-state index in [4.69, 9.17) is 4.74 Å². The number of morpholine rings is 1. The van der Waals surface area contributed by atoms with Gasteiger partial charge in [0.05, 0.1) is 13.2 Å². The SMILES string of the molecule is Cc1ccccc1C(=O)Nc1ccc([C@H](C)N2CCOCC2)cc1. The van der Waals surface area contributed by atoms with E-state index in [1.54, 1.807) is 0 Å². The maximum absolute atomic E-state index is 12.4. The van der Waals surface area contributed by atoms with Gasteiger partial charge in [-0.3, -0.25) is 9.69 Å². The number of carbonyl (C=O) groups is 1. The van der Waals surface area contributed by atoms with Gasteiger partial charge in [0.15, 0.2) is 0 Å². The van der Waals surface area contributed by atoms with Gasteiger partial charge in [-0.05, 0) is 43.2 Å². The number of rotatable bonds is 4. The van der Waals surface area contributed by atoms with Crippen molar-refractivity contribution in [1.82, 2.24) is 4.90 Å². The van der Waals surface area contributed by atoms with Gasteiger partial charge >= 0.3 is 0 Å². The molecule has 1 heterocycles. The molecule has 4 nitrogen and oxygen atoms in total. The molecular weight excluding hydrogens is 300 g/mol. The molecule has 0 bridgehead atoms. The fraction of sp³-hybridized carbons (Fsp3) is 0.350. The highest BCUT2D eigenvalue weighted by Crippen LogP contribution is 2.23. The van der Waals surface area contributed by atoms with Gasteiger partial charge in [-0.15, -0.1) is 0 Å². The lowest BCUT2D eigenvalue weighted by atomic mass is 10.1. The average Bonchev–Trinajstić information content (AvgIpc) is 2.63. The van der Waals surface area contributed by atoms with Crippen LogP contribution in [0.5, 0.6) is 0 Å². The normalized spacial score (nSPS) is 16.6. The van der Waals surface area contributed by atoms with E-state index < -0.39 is 0 Å². The van der Waals surface area contributed by atoms with Gasteiger partial charge in [-0.1, -0.05) is 30.3 Å². The molecule has 0 unspecified atom stereocenters. The van der Waals surface area contributed by atoms with Gasteiger partial charge in [-0.2, -0.15) is 0 Å². The zero-order valence-electron chi connectivity index (χ0n) is 14.3. The van der Waals surface area contributed by atoms with Crippen LogP contribution in [0.25, 0.3) is 0 Å². The third-order valence-electron chi connectivity index (χ3n) is 4.63. The van der Waals surface area contributed by atoms with Crippen molar-refractivity contribution in [2.24, 2.45) is 0 Å². The number of nitrogens with zero attached hydrogens (tertiary/aromatic N) is 1.